The summed E-state index contributed by atoms with van der Waals surface area (Å²) >= 11 is 0. The molecule has 0 aliphatic heterocycles. The average Bonchev–Trinajstić information content (AvgIpc) is 2.50. The minimum Gasteiger partial charge on any atom is -0.457 e. The molecule has 0 radical (unpaired) electrons. The van der Waals surface area contributed by atoms with Gasteiger partial charge in [-0.25, -0.2) is 0 Å². The summed E-state index contributed by atoms with van der Waals surface area (Å²) < 4.78 is 11.1. The Balaban J connectivity index is 2.16. The van der Waals surface area contributed by atoms with Crippen LogP contribution in [0.2, 0.25) is 0 Å². The Bertz CT molecular complexity index is 565. The van der Waals surface area contributed by atoms with E-state index < -0.39 is 0 Å². The zero-order chi connectivity index (χ0) is 15.1. The number of methoxy groups -OCH3 is 1. The molecule has 0 aromatic heterocycles. The predicted octanol–water partition coefficient (Wildman–Crippen LogP) is 4.30. The highest BCUT2D eigenvalue weighted by molar-refractivity contribution is 5.36. The molecule has 21 heavy (non-hydrogen) atoms. The summed E-state index contributed by atoms with van der Waals surface area (Å²) in [5.41, 5.74) is 2.35. The van der Waals surface area contributed by atoms with Crippen LogP contribution in [0.15, 0.2) is 48.5 Å². The molecular weight excluding hydrogens is 262 g/mol. The average molecular weight is 285 g/mol. The molecule has 0 aliphatic carbocycles. The van der Waals surface area contributed by atoms with Gasteiger partial charge in [-0.05, 0) is 48.9 Å². The number of hydrogen-bond acceptors (Lipinski definition) is 3. The summed E-state index contributed by atoms with van der Waals surface area (Å²) in [5.74, 6) is 1.69. The first-order valence-corrected chi connectivity index (χ1v) is 7.29. The zero-order valence-corrected chi connectivity index (χ0v) is 12.9. The van der Waals surface area contributed by atoms with Gasteiger partial charge in [-0.2, -0.15) is 0 Å². The molecule has 0 heterocycles. The van der Waals surface area contributed by atoms with Gasteiger partial charge in [-0.3, -0.25) is 0 Å². The molecule has 0 saturated heterocycles. The van der Waals surface area contributed by atoms with Gasteiger partial charge in [0.25, 0.3) is 0 Å². The molecular formula is C18H23NO2. The molecule has 3 nitrogen and oxygen atoms in total. The molecule has 0 amide bonds. The quantitative estimate of drug-likeness (QED) is 0.823. The van der Waals surface area contributed by atoms with Crippen LogP contribution in [0.5, 0.6) is 11.5 Å². The third-order valence-corrected chi connectivity index (χ3v) is 3.46. The molecule has 2 rings (SSSR count). The molecule has 0 aliphatic rings. The monoisotopic (exact) mass is 285 g/mol. The first kappa shape index (κ1) is 15.5. The number of rotatable bonds is 7. The van der Waals surface area contributed by atoms with E-state index in [1.165, 1.54) is 5.56 Å². The summed E-state index contributed by atoms with van der Waals surface area (Å²) in [7, 11) is 3.68. The maximum Gasteiger partial charge on any atom is 0.127 e. The Morgan fingerprint density at radius 2 is 1.76 bits per heavy atom. The number of benzene rings is 2. The molecule has 0 bridgehead atoms. The zero-order valence-electron chi connectivity index (χ0n) is 12.9. The van der Waals surface area contributed by atoms with Crippen molar-refractivity contribution in [2.24, 2.45) is 0 Å². The lowest BCUT2D eigenvalue weighted by atomic mass is 10.0. The summed E-state index contributed by atoms with van der Waals surface area (Å²) in [6.07, 6.45) is 1.04. The van der Waals surface area contributed by atoms with Crippen molar-refractivity contribution in [1.29, 1.82) is 0 Å². The van der Waals surface area contributed by atoms with Gasteiger partial charge in [-0.15, -0.1) is 0 Å². The standard InChI is InChI=1S/C18H23NO2/c1-4-18(19-2)15-8-6-10-17(12-15)21-16-9-5-7-14(11-16)13-20-3/h5-12,18-19H,4,13H2,1-3H3. The van der Waals surface area contributed by atoms with Crippen molar-refractivity contribution in [3.63, 3.8) is 0 Å². The summed E-state index contributed by atoms with van der Waals surface area (Å²) in [6.45, 7) is 2.76. The van der Waals surface area contributed by atoms with E-state index in [9.17, 15) is 0 Å². The van der Waals surface area contributed by atoms with Crippen molar-refractivity contribution >= 4 is 0 Å². The summed E-state index contributed by atoms with van der Waals surface area (Å²) in [6, 6.07) is 16.6. The third kappa shape index (κ3) is 4.31. The van der Waals surface area contributed by atoms with E-state index in [1.807, 2.05) is 43.4 Å². The van der Waals surface area contributed by atoms with Gasteiger partial charge < -0.3 is 14.8 Å². The minimum absolute atomic E-state index is 0.355. The van der Waals surface area contributed by atoms with Crippen molar-refractivity contribution in [3.8, 4) is 11.5 Å². The van der Waals surface area contributed by atoms with Crippen molar-refractivity contribution in [2.45, 2.75) is 26.0 Å². The van der Waals surface area contributed by atoms with Gasteiger partial charge in [0.1, 0.15) is 11.5 Å². The number of hydrogen-bond donors (Lipinski definition) is 1. The van der Waals surface area contributed by atoms with Crippen LogP contribution in [0.4, 0.5) is 0 Å². The lowest BCUT2D eigenvalue weighted by Crippen LogP contribution is -2.14. The molecule has 1 atom stereocenters. The largest absolute Gasteiger partial charge is 0.457 e. The van der Waals surface area contributed by atoms with Crippen LogP contribution in [0.25, 0.3) is 0 Å². The fourth-order valence-corrected chi connectivity index (χ4v) is 2.40. The van der Waals surface area contributed by atoms with Gasteiger partial charge in [0.2, 0.25) is 0 Å². The van der Waals surface area contributed by atoms with E-state index in [4.69, 9.17) is 9.47 Å². The van der Waals surface area contributed by atoms with Gasteiger partial charge in [0.05, 0.1) is 6.61 Å². The van der Waals surface area contributed by atoms with Crippen LogP contribution in [0.1, 0.15) is 30.5 Å². The molecule has 0 fully saturated rings. The molecule has 1 N–H and O–H groups in total. The number of ether oxygens (including phenoxy) is 2. The van der Waals surface area contributed by atoms with Gasteiger partial charge in [0, 0.05) is 13.2 Å². The van der Waals surface area contributed by atoms with E-state index in [1.54, 1.807) is 7.11 Å². The molecule has 0 saturated carbocycles. The van der Waals surface area contributed by atoms with Crippen LogP contribution < -0.4 is 10.1 Å². The molecule has 1 unspecified atom stereocenters. The highest BCUT2D eigenvalue weighted by atomic mass is 16.5. The highest BCUT2D eigenvalue weighted by Crippen LogP contribution is 2.26. The molecule has 3 heteroatoms. The second-order valence-electron chi connectivity index (χ2n) is 5.00. The fraction of sp³-hybridized carbons (Fsp3) is 0.333. The predicted molar refractivity (Wildman–Crippen MR) is 85.8 cm³/mol. The van der Waals surface area contributed by atoms with Crippen molar-refractivity contribution < 1.29 is 9.47 Å². The highest BCUT2D eigenvalue weighted by Gasteiger charge is 2.07. The van der Waals surface area contributed by atoms with Crippen LogP contribution in [0, 0.1) is 0 Å². The van der Waals surface area contributed by atoms with Crippen LogP contribution in [-0.4, -0.2) is 14.2 Å². The van der Waals surface area contributed by atoms with Gasteiger partial charge >= 0.3 is 0 Å². The lowest BCUT2D eigenvalue weighted by molar-refractivity contribution is 0.184. The fourth-order valence-electron chi connectivity index (χ4n) is 2.40. The maximum atomic E-state index is 5.96. The van der Waals surface area contributed by atoms with E-state index in [-0.39, 0.29) is 0 Å². The topological polar surface area (TPSA) is 30.5 Å². The van der Waals surface area contributed by atoms with E-state index in [0.29, 0.717) is 12.6 Å². The SMILES string of the molecule is CCC(NC)c1cccc(Oc2cccc(COC)c2)c1. The Morgan fingerprint density at radius 3 is 2.43 bits per heavy atom. The van der Waals surface area contributed by atoms with Crippen molar-refractivity contribution in [2.75, 3.05) is 14.2 Å². The molecule has 2 aromatic carbocycles. The maximum absolute atomic E-state index is 5.96. The first-order valence-electron chi connectivity index (χ1n) is 7.29. The Hall–Kier alpha value is -1.84. The minimum atomic E-state index is 0.355. The van der Waals surface area contributed by atoms with Crippen molar-refractivity contribution in [3.05, 3.63) is 59.7 Å². The summed E-state index contributed by atoms with van der Waals surface area (Å²) in [4.78, 5) is 0. The Labute approximate surface area is 126 Å². The molecule has 0 spiro atoms. The summed E-state index contributed by atoms with van der Waals surface area (Å²) in [5, 5.41) is 3.31. The Kier molecular flexibility index (Phi) is 5.78. The third-order valence-electron chi connectivity index (χ3n) is 3.46. The smallest absolute Gasteiger partial charge is 0.127 e. The lowest BCUT2D eigenvalue weighted by Gasteiger charge is -2.15. The van der Waals surface area contributed by atoms with Crippen molar-refractivity contribution in [1.82, 2.24) is 5.32 Å². The van der Waals surface area contributed by atoms with Gasteiger partial charge in [-0.1, -0.05) is 31.2 Å². The van der Waals surface area contributed by atoms with Crippen LogP contribution in [0.3, 0.4) is 0 Å². The Morgan fingerprint density at radius 1 is 1.05 bits per heavy atom. The van der Waals surface area contributed by atoms with E-state index in [0.717, 1.165) is 23.5 Å². The first-order chi connectivity index (χ1) is 10.3. The second kappa shape index (κ2) is 7.81. The molecule has 112 valence electrons. The normalized spacial score (nSPS) is 12.1. The van der Waals surface area contributed by atoms with Crippen LogP contribution in [-0.2, 0) is 11.3 Å². The molecule has 2 aromatic rings. The second-order valence-corrected chi connectivity index (χ2v) is 5.00. The number of nitrogens with one attached hydrogen (secondary N) is 1. The van der Waals surface area contributed by atoms with Gasteiger partial charge in [0.15, 0.2) is 0 Å². The van der Waals surface area contributed by atoms with Crippen LogP contribution >= 0.6 is 0 Å². The van der Waals surface area contributed by atoms with E-state index >= 15 is 0 Å². The van der Waals surface area contributed by atoms with E-state index in [2.05, 4.69) is 24.4 Å².